The smallest absolute Gasteiger partial charge is 0.405 e. The van der Waals surface area contributed by atoms with E-state index in [1.165, 1.54) is 0 Å². The molecule has 0 aliphatic carbocycles. The van der Waals surface area contributed by atoms with E-state index in [1.807, 2.05) is 24.3 Å². The first-order valence-corrected chi connectivity index (χ1v) is 3.66. The van der Waals surface area contributed by atoms with E-state index in [0.717, 1.165) is 5.46 Å². The molecular formula is C8H8BO2. The minimum absolute atomic E-state index is 0.184. The van der Waals surface area contributed by atoms with Crippen molar-refractivity contribution in [2.75, 3.05) is 13.2 Å². The van der Waals surface area contributed by atoms with Crippen LogP contribution in [-0.4, -0.2) is 20.3 Å². The van der Waals surface area contributed by atoms with Crippen molar-refractivity contribution in [3.63, 3.8) is 0 Å². The van der Waals surface area contributed by atoms with Crippen LogP contribution in [-0.2, 0) is 9.31 Å². The molecule has 0 unspecified atom stereocenters. The van der Waals surface area contributed by atoms with E-state index in [0.29, 0.717) is 13.2 Å². The van der Waals surface area contributed by atoms with Crippen LogP contribution >= 0.6 is 0 Å². The third-order valence-electron chi connectivity index (χ3n) is 1.61. The summed E-state index contributed by atoms with van der Waals surface area (Å²) in [6, 6.07) is 10.8. The summed E-state index contributed by atoms with van der Waals surface area (Å²) in [5, 5.41) is 0. The summed E-state index contributed by atoms with van der Waals surface area (Å²) in [7, 11) is -0.184. The third-order valence-corrected chi connectivity index (χ3v) is 1.61. The highest BCUT2D eigenvalue weighted by molar-refractivity contribution is 6.61. The van der Waals surface area contributed by atoms with Gasteiger partial charge in [-0.3, -0.25) is 0 Å². The van der Waals surface area contributed by atoms with E-state index >= 15 is 0 Å². The SMILES string of the molecule is [c]1ccccc1B1OCCO1. The number of benzene rings is 1. The Morgan fingerprint density at radius 1 is 1.27 bits per heavy atom. The molecule has 0 atom stereocenters. The summed E-state index contributed by atoms with van der Waals surface area (Å²) in [5.74, 6) is 0. The minimum atomic E-state index is -0.184. The van der Waals surface area contributed by atoms with Gasteiger partial charge in [0, 0.05) is 0 Å². The van der Waals surface area contributed by atoms with Gasteiger partial charge >= 0.3 is 7.12 Å². The van der Waals surface area contributed by atoms with Gasteiger partial charge in [0.05, 0.1) is 13.2 Å². The Bertz CT molecular complexity index is 219. The second-order valence-electron chi connectivity index (χ2n) is 2.39. The highest BCUT2D eigenvalue weighted by Gasteiger charge is 2.25. The van der Waals surface area contributed by atoms with E-state index in [2.05, 4.69) is 6.07 Å². The summed E-state index contributed by atoms with van der Waals surface area (Å²) in [5.41, 5.74) is 0.977. The Hall–Kier alpha value is -0.795. The molecule has 1 aliphatic rings. The van der Waals surface area contributed by atoms with Crippen molar-refractivity contribution in [3.8, 4) is 0 Å². The van der Waals surface area contributed by atoms with Crippen LogP contribution in [0.3, 0.4) is 0 Å². The highest BCUT2D eigenvalue weighted by atomic mass is 16.6. The monoisotopic (exact) mass is 147 g/mol. The molecule has 3 heteroatoms. The summed E-state index contributed by atoms with van der Waals surface area (Å²) in [6.07, 6.45) is 0. The van der Waals surface area contributed by atoms with Gasteiger partial charge in [-0.2, -0.15) is 0 Å². The van der Waals surface area contributed by atoms with Gasteiger partial charge in [0.25, 0.3) is 0 Å². The third kappa shape index (κ3) is 1.44. The standard InChI is InChI=1S/C8H8BO2/c1-2-4-8(5-3-1)9-10-6-7-11-9/h1-4H,6-7H2. The molecule has 11 heavy (non-hydrogen) atoms. The first-order valence-electron chi connectivity index (χ1n) is 3.66. The van der Waals surface area contributed by atoms with Crippen molar-refractivity contribution in [1.82, 2.24) is 0 Å². The van der Waals surface area contributed by atoms with Crippen LogP contribution in [0.15, 0.2) is 24.3 Å². The molecule has 0 saturated carbocycles. The van der Waals surface area contributed by atoms with Crippen LogP contribution in [0, 0.1) is 6.07 Å². The normalized spacial score (nSPS) is 17.3. The van der Waals surface area contributed by atoms with Crippen molar-refractivity contribution < 1.29 is 9.31 Å². The van der Waals surface area contributed by atoms with Gasteiger partial charge in [0.2, 0.25) is 0 Å². The molecule has 1 fully saturated rings. The lowest BCUT2D eigenvalue weighted by Crippen LogP contribution is -2.31. The molecule has 1 heterocycles. The lowest BCUT2D eigenvalue weighted by Gasteiger charge is -2.01. The van der Waals surface area contributed by atoms with E-state index < -0.39 is 0 Å². The Morgan fingerprint density at radius 3 is 2.73 bits per heavy atom. The van der Waals surface area contributed by atoms with Gasteiger partial charge in [0.1, 0.15) is 0 Å². The number of hydrogen-bond donors (Lipinski definition) is 0. The fraction of sp³-hybridized carbons (Fsp3) is 0.250. The molecule has 0 bridgehead atoms. The molecular weight excluding hydrogens is 139 g/mol. The van der Waals surface area contributed by atoms with Crippen molar-refractivity contribution in [2.24, 2.45) is 0 Å². The van der Waals surface area contributed by atoms with E-state index in [4.69, 9.17) is 9.31 Å². The largest absolute Gasteiger partial charge is 0.494 e. The second kappa shape index (κ2) is 3.07. The lowest BCUT2D eigenvalue weighted by molar-refractivity contribution is 0.365. The zero-order chi connectivity index (χ0) is 7.52. The minimum Gasteiger partial charge on any atom is -0.405 e. The van der Waals surface area contributed by atoms with Gasteiger partial charge in [-0.05, 0) is 11.5 Å². The topological polar surface area (TPSA) is 18.5 Å². The summed E-state index contributed by atoms with van der Waals surface area (Å²) in [4.78, 5) is 0. The molecule has 0 N–H and O–H groups in total. The number of hydrogen-bond acceptors (Lipinski definition) is 2. The summed E-state index contributed by atoms with van der Waals surface area (Å²) >= 11 is 0. The summed E-state index contributed by atoms with van der Waals surface area (Å²) < 4.78 is 10.6. The van der Waals surface area contributed by atoms with Crippen LogP contribution in [0.2, 0.25) is 0 Å². The van der Waals surface area contributed by atoms with Gasteiger partial charge < -0.3 is 9.31 Å². The van der Waals surface area contributed by atoms with Crippen molar-refractivity contribution in [2.45, 2.75) is 0 Å². The van der Waals surface area contributed by atoms with Crippen LogP contribution in [0.5, 0.6) is 0 Å². The maximum atomic E-state index is 5.29. The molecule has 1 aromatic carbocycles. The maximum absolute atomic E-state index is 5.29. The maximum Gasteiger partial charge on any atom is 0.494 e. The predicted octanol–water partition coefficient (Wildman–Crippen LogP) is 0.229. The van der Waals surface area contributed by atoms with Crippen molar-refractivity contribution >= 4 is 12.6 Å². The van der Waals surface area contributed by atoms with Crippen LogP contribution in [0.4, 0.5) is 0 Å². The fourth-order valence-electron chi connectivity index (χ4n) is 1.09. The van der Waals surface area contributed by atoms with E-state index in [9.17, 15) is 0 Å². The molecule has 1 saturated heterocycles. The lowest BCUT2D eigenvalue weighted by atomic mass is 9.80. The van der Waals surface area contributed by atoms with Crippen LogP contribution in [0.25, 0.3) is 0 Å². The first kappa shape index (κ1) is 6.89. The quantitative estimate of drug-likeness (QED) is 0.529. The van der Waals surface area contributed by atoms with Crippen LogP contribution < -0.4 is 5.46 Å². The molecule has 1 radical (unpaired) electrons. The second-order valence-corrected chi connectivity index (χ2v) is 2.39. The van der Waals surface area contributed by atoms with Crippen LogP contribution in [0.1, 0.15) is 0 Å². The molecule has 1 aromatic rings. The average Bonchev–Trinajstić information content (AvgIpc) is 2.58. The Kier molecular flexibility index (Phi) is 1.92. The van der Waals surface area contributed by atoms with Crippen molar-refractivity contribution in [3.05, 3.63) is 30.3 Å². The fourth-order valence-corrected chi connectivity index (χ4v) is 1.09. The van der Waals surface area contributed by atoms with Crippen molar-refractivity contribution in [1.29, 1.82) is 0 Å². The Balaban J connectivity index is 2.16. The summed E-state index contributed by atoms with van der Waals surface area (Å²) in [6.45, 7) is 1.38. The zero-order valence-corrected chi connectivity index (χ0v) is 6.12. The van der Waals surface area contributed by atoms with Gasteiger partial charge in [-0.1, -0.05) is 24.3 Å². The Labute approximate surface area is 66.3 Å². The van der Waals surface area contributed by atoms with E-state index in [-0.39, 0.29) is 7.12 Å². The van der Waals surface area contributed by atoms with Gasteiger partial charge in [0.15, 0.2) is 0 Å². The predicted molar refractivity (Wildman–Crippen MR) is 42.6 cm³/mol. The average molecular weight is 147 g/mol. The molecule has 2 nitrogen and oxygen atoms in total. The zero-order valence-electron chi connectivity index (χ0n) is 6.12. The van der Waals surface area contributed by atoms with E-state index in [1.54, 1.807) is 0 Å². The molecule has 55 valence electrons. The van der Waals surface area contributed by atoms with Gasteiger partial charge in [-0.15, -0.1) is 0 Å². The molecule has 0 spiro atoms. The molecule has 0 aromatic heterocycles. The molecule has 0 amide bonds. The first-order chi connectivity index (χ1) is 5.47. The Morgan fingerprint density at radius 2 is 2.09 bits per heavy atom. The highest BCUT2D eigenvalue weighted by Crippen LogP contribution is 1.98. The van der Waals surface area contributed by atoms with Gasteiger partial charge in [-0.25, -0.2) is 0 Å². The molecule has 2 rings (SSSR count). The molecule has 1 aliphatic heterocycles. The number of rotatable bonds is 1.